The number of hydrogen-bond donors (Lipinski definition) is 1. The van der Waals surface area contributed by atoms with Crippen LogP contribution < -0.4 is 5.32 Å². The first kappa shape index (κ1) is 18.0. The highest BCUT2D eigenvalue weighted by Gasteiger charge is 2.18. The van der Waals surface area contributed by atoms with Crippen LogP contribution in [0.4, 0.5) is 0 Å². The first-order valence-electron chi connectivity index (χ1n) is 8.22. The van der Waals surface area contributed by atoms with Crippen molar-refractivity contribution in [1.29, 1.82) is 0 Å². The highest BCUT2D eigenvalue weighted by atomic mass is 35.5. The number of carbonyl (C=O) groups is 2. The van der Waals surface area contributed by atoms with Crippen LogP contribution >= 0.6 is 11.6 Å². The van der Waals surface area contributed by atoms with Crippen LogP contribution in [0.3, 0.4) is 0 Å². The Kier molecular flexibility index (Phi) is 5.28. The van der Waals surface area contributed by atoms with Crippen molar-refractivity contribution in [3.8, 4) is 11.1 Å². The molecule has 3 rings (SSSR count). The predicted molar refractivity (Wildman–Crippen MR) is 100 cm³/mol. The molecule has 6 heteroatoms. The molecule has 0 saturated heterocycles. The molecule has 0 aliphatic heterocycles. The number of rotatable bonds is 5. The van der Waals surface area contributed by atoms with E-state index in [-0.39, 0.29) is 18.9 Å². The molecule has 0 radical (unpaired) electrons. The Morgan fingerprint density at radius 2 is 1.81 bits per heavy atom. The van der Waals surface area contributed by atoms with Crippen molar-refractivity contribution >= 4 is 34.4 Å². The number of amides is 1. The standard InChI is InChI=1S/C20H18ClNO4/c1-3-25-18(23)11-22-20(24)19-12(2)16-9-6-14(10-17(16)26-19)13-4-7-15(21)8-5-13/h4-10H,3,11H2,1-2H3,(H,22,24). The Labute approximate surface area is 155 Å². The summed E-state index contributed by atoms with van der Waals surface area (Å²) < 4.78 is 10.5. The number of carbonyl (C=O) groups excluding carboxylic acids is 2. The van der Waals surface area contributed by atoms with Crippen molar-refractivity contribution in [3.05, 3.63) is 58.8 Å². The molecule has 0 spiro atoms. The molecular formula is C20H18ClNO4. The molecule has 0 saturated carbocycles. The average Bonchev–Trinajstić information content (AvgIpc) is 2.97. The van der Waals surface area contributed by atoms with Gasteiger partial charge in [0.1, 0.15) is 12.1 Å². The average molecular weight is 372 g/mol. The van der Waals surface area contributed by atoms with Crippen molar-refractivity contribution in [3.63, 3.8) is 0 Å². The van der Waals surface area contributed by atoms with E-state index in [4.69, 9.17) is 20.8 Å². The van der Waals surface area contributed by atoms with Gasteiger partial charge in [0, 0.05) is 16.0 Å². The lowest BCUT2D eigenvalue weighted by Crippen LogP contribution is -2.30. The van der Waals surface area contributed by atoms with Crippen LogP contribution in [0.2, 0.25) is 5.02 Å². The van der Waals surface area contributed by atoms with Gasteiger partial charge in [-0.15, -0.1) is 0 Å². The van der Waals surface area contributed by atoms with Gasteiger partial charge in [-0.3, -0.25) is 9.59 Å². The summed E-state index contributed by atoms with van der Waals surface area (Å²) in [6.45, 7) is 3.60. The molecule has 0 atom stereocenters. The van der Waals surface area contributed by atoms with E-state index >= 15 is 0 Å². The summed E-state index contributed by atoms with van der Waals surface area (Å²) in [7, 11) is 0. The predicted octanol–water partition coefficient (Wildman–Crippen LogP) is 4.35. The SMILES string of the molecule is CCOC(=O)CNC(=O)c1oc2cc(-c3ccc(Cl)cc3)ccc2c1C. The van der Waals surface area contributed by atoms with Crippen LogP contribution in [0.15, 0.2) is 46.9 Å². The summed E-state index contributed by atoms with van der Waals surface area (Å²) in [5.41, 5.74) is 3.29. The van der Waals surface area contributed by atoms with E-state index < -0.39 is 11.9 Å². The van der Waals surface area contributed by atoms with Gasteiger partial charge in [0.25, 0.3) is 5.91 Å². The van der Waals surface area contributed by atoms with Crippen LogP contribution in [0.5, 0.6) is 0 Å². The zero-order valence-corrected chi connectivity index (χ0v) is 15.2. The number of hydrogen-bond acceptors (Lipinski definition) is 4. The Balaban J connectivity index is 1.86. The molecule has 26 heavy (non-hydrogen) atoms. The first-order chi connectivity index (χ1) is 12.5. The van der Waals surface area contributed by atoms with Crippen LogP contribution in [0.25, 0.3) is 22.1 Å². The van der Waals surface area contributed by atoms with Crippen LogP contribution in [0, 0.1) is 6.92 Å². The molecule has 0 bridgehead atoms. The summed E-state index contributed by atoms with van der Waals surface area (Å²) in [5.74, 6) is -0.739. The van der Waals surface area contributed by atoms with Crippen LogP contribution in [0.1, 0.15) is 23.0 Å². The molecule has 0 unspecified atom stereocenters. The van der Waals surface area contributed by atoms with Crippen molar-refractivity contribution in [1.82, 2.24) is 5.32 Å². The highest BCUT2D eigenvalue weighted by molar-refractivity contribution is 6.30. The van der Waals surface area contributed by atoms with E-state index in [1.165, 1.54) is 0 Å². The molecule has 134 valence electrons. The summed E-state index contributed by atoms with van der Waals surface area (Å²) in [4.78, 5) is 23.7. The lowest BCUT2D eigenvalue weighted by molar-refractivity contribution is -0.141. The number of benzene rings is 2. The molecular weight excluding hydrogens is 354 g/mol. The Bertz CT molecular complexity index is 960. The lowest BCUT2D eigenvalue weighted by atomic mass is 10.0. The minimum Gasteiger partial charge on any atom is -0.465 e. The van der Waals surface area contributed by atoms with Gasteiger partial charge in [-0.05, 0) is 43.2 Å². The van der Waals surface area contributed by atoms with Gasteiger partial charge < -0.3 is 14.5 Å². The van der Waals surface area contributed by atoms with E-state index in [9.17, 15) is 9.59 Å². The molecule has 0 aliphatic rings. The Morgan fingerprint density at radius 1 is 1.12 bits per heavy atom. The highest BCUT2D eigenvalue weighted by Crippen LogP contribution is 2.30. The van der Waals surface area contributed by atoms with E-state index in [1.54, 1.807) is 6.92 Å². The second-order valence-corrected chi connectivity index (χ2v) is 6.20. The van der Waals surface area contributed by atoms with Crippen LogP contribution in [-0.4, -0.2) is 25.0 Å². The number of aryl methyl sites for hydroxylation is 1. The fourth-order valence-electron chi connectivity index (χ4n) is 2.71. The first-order valence-corrected chi connectivity index (χ1v) is 8.60. The maximum absolute atomic E-state index is 12.3. The minimum atomic E-state index is -0.486. The minimum absolute atomic E-state index is 0.192. The van der Waals surface area contributed by atoms with Crippen LogP contribution in [-0.2, 0) is 9.53 Å². The van der Waals surface area contributed by atoms with Gasteiger partial charge >= 0.3 is 5.97 Å². The van der Waals surface area contributed by atoms with Crippen molar-refractivity contribution in [2.75, 3.05) is 13.2 Å². The summed E-state index contributed by atoms with van der Waals surface area (Å²) in [6, 6.07) is 13.3. The van der Waals surface area contributed by atoms with Gasteiger partial charge in [0.05, 0.1) is 6.61 Å². The zero-order chi connectivity index (χ0) is 18.7. The largest absolute Gasteiger partial charge is 0.465 e. The number of nitrogens with one attached hydrogen (secondary N) is 1. The zero-order valence-electron chi connectivity index (χ0n) is 14.5. The van der Waals surface area contributed by atoms with Gasteiger partial charge in [-0.2, -0.15) is 0 Å². The smallest absolute Gasteiger partial charge is 0.325 e. The molecule has 1 amide bonds. The van der Waals surface area contributed by atoms with Gasteiger partial charge in [-0.1, -0.05) is 35.9 Å². The quantitative estimate of drug-likeness (QED) is 0.677. The molecule has 1 N–H and O–H groups in total. The Morgan fingerprint density at radius 3 is 2.50 bits per heavy atom. The van der Waals surface area contributed by atoms with E-state index in [1.807, 2.05) is 49.4 Å². The number of ether oxygens (including phenoxy) is 1. The fourth-order valence-corrected chi connectivity index (χ4v) is 2.83. The van der Waals surface area contributed by atoms with Gasteiger partial charge in [-0.25, -0.2) is 0 Å². The number of esters is 1. The maximum Gasteiger partial charge on any atom is 0.325 e. The van der Waals surface area contributed by atoms with E-state index in [2.05, 4.69) is 5.32 Å². The van der Waals surface area contributed by atoms with Crippen molar-refractivity contribution in [2.45, 2.75) is 13.8 Å². The third kappa shape index (κ3) is 3.73. The van der Waals surface area contributed by atoms with E-state index in [0.29, 0.717) is 10.6 Å². The lowest BCUT2D eigenvalue weighted by Gasteiger charge is -2.03. The number of furan rings is 1. The van der Waals surface area contributed by atoms with Gasteiger partial charge in [0.15, 0.2) is 5.76 Å². The van der Waals surface area contributed by atoms with Crippen molar-refractivity contribution < 1.29 is 18.7 Å². The third-order valence-corrected chi connectivity index (χ3v) is 4.27. The van der Waals surface area contributed by atoms with E-state index in [0.717, 1.165) is 22.1 Å². The molecule has 1 aromatic heterocycles. The molecule has 2 aromatic carbocycles. The number of halogens is 1. The fraction of sp³-hybridized carbons (Fsp3) is 0.200. The second kappa shape index (κ2) is 7.62. The third-order valence-electron chi connectivity index (χ3n) is 4.02. The Hall–Kier alpha value is -2.79. The number of fused-ring (bicyclic) bond motifs is 1. The molecule has 3 aromatic rings. The topological polar surface area (TPSA) is 68.5 Å². The summed E-state index contributed by atoms with van der Waals surface area (Å²) in [6.07, 6.45) is 0. The van der Waals surface area contributed by atoms with Gasteiger partial charge in [0.2, 0.25) is 0 Å². The van der Waals surface area contributed by atoms with Crippen molar-refractivity contribution in [2.24, 2.45) is 0 Å². The maximum atomic E-state index is 12.3. The summed E-state index contributed by atoms with van der Waals surface area (Å²) >= 11 is 5.93. The molecule has 1 heterocycles. The normalized spacial score (nSPS) is 10.7. The second-order valence-electron chi connectivity index (χ2n) is 5.76. The molecule has 5 nitrogen and oxygen atoms in total. The monoisotopic (exact) mass is 371 g/mol. The molecule has 0 aliphatic carbocycles. The molecule has 0 fully saturated rings. The summed E-state index contributed by atoms with van der Waals surface area (Å²) in [5, 5.41) is 4.04.